The van der Waals surface area contributed by atoms with E-state index in [0.717, 1.165) is 42.5 Å². The molecule has 1 unspecified atom stereocenters. The van der Waals surface area contributed by atoms with E-state index in [4.69, 9.17) is 21.5 Å². The number of carbonyl (C=O) groups excluding carboxylic acids is 1. The molecule has 1 spiro atoms. The lowest BCUT2D eigenvalue weighted by molar-refractivity contribution is -0.192. The number of anilines is 1. The molecular weight excluding hydrogens is 504 g/mol. The van der Waals surface area contributed by atoms with Gasteiger partial charge in [0.2, 0.25) is 0 Å². The van der Waals surface area contributed by atoms with Crippen LogP contribution in [0, 0.1) is 5.82 Å². The molecule has 36 heavy (non-hydrogen) atoms. The first kappa shape index (κ1) is 25.6. The molecule has 2 aliphatic rings. The topological polar surface area (TPSA) is 86.6 Å². The number of fused-ring (bicyclic) bond motifs is 1. The van der Waals surface area contributed by atoms with E-state index in [1.54, 1.807) is 17.3 Å². The highest BCUT2D eigenvalue weighted by atomic mass is 35.5. The predicted molar refractivity (Wildman–Crippen MR) is 124 cm³/mol. The Labute approximate surface area is 208 Å². The summed E-state index contributed by atoms with van der Waals surface area (Å²) in [6.45, 7) is 2.14. The second kappa shape index (κ2) is 9.88. The molecular formula is C24H21ClF4N4O3. The van der Waals surface area contributed by atoms with Crippen molar-refractivity contribution in [3.05, 3.63) is 65.2 Å². The van der Waals surface area contributed by atoms with Crippen molar-refractivity contribution in [2.45, 2.75) is 31.0 Å². The molecule has 1 N–H and O–H groups in total. The van der Waals surface area contributed by atoms with Crippen molar-refractivity contribution in [1.29, 1.82) is 0 Å². The van der Waals surface area contributed by atoms with E-state index in [0.29, 0.717) is 18.1 Å². The molecule has 3 heterocycles. The molecule has 1 atom stereocenters. The van der Waals surface area contributed by atoms with E-state index in [9.17, 15) is 22.4 Å². The van der Waals surface area contributed by atoms with Crippen molar-refractivity contribution in [2.24, 2.45) is 0 Å². The van der Waals surface area contributed by atoms with E-state index in [2.05, 4.69) is 27.0 Å². The van der Waals surface area contributed by atoms with Gasteiger partial charge in [-0.2, -0.15) is 13.2 Å². The normalized spacial score (nSPS) is 19.5. The Morgan fingerprint density at radius 2 is 1.69 bits per heavy atom. The standard InChI is InChI=1S/C22H20ClFN4O.C2HF3O2/c23-15-2-4-18(24)17(12-15)21(29)27-10-1-6-22(14-27)7-11-28(22)16-3-5-19-20(13-16)26-9-8-25-19;3-2(4,5)1(6)7/h2-5,8-9,12-13H,1,6-7,10-11,14H2;(H,6,7). The van der Waals surface area contributed by atoms with Gasteiger partial charge in [-0.05, 0) is 55.7 Å². The molecule has 190 valence electrons. The summed E-state index contributed by atoms with van der Waals surface area (Å²) in [7, 11) is 0. The highest BCUT2D eigenvalue weighted by Gasteiger charge is 2.48. The van der Waals surface area contributed by atoms with Crippen molar-refractivity contribution in [3.63, 3.8) is 0 Å². The monoisotopic (exact) mass is 524 g/mol. The maximum Gasteiger partial charge on any atom is 0.490 e. The summed E-state index contributed by atoms with van der Waals surface area (Å²) in [5, 5.41) is 7.49. The first-order chi connectivity index (χ1) is 17.0. The number of nitrogens with zero attached hydrogens (tertiary/aromatic N) is 4. The molecule has 7 nitrogen and oxygen atoms in total. The first-order valence-electron chi connectivity index (χ1n) is 11.0. The van der Waals surface area contributed by atoms with Crippen LogP contribution in [0.3, 0.4) is 0 Å². The van der Waals surface area contributed by atoms with Gasteiger partial charge in [0, 0.05) is 42.7 Å². The number of hydrogen-bond donors (Lipinski definition) is 1. The van der Waals surface area contributed by atoms with E-state index in [-0.39, 0.29) is 17.0 Å². The number of carboxylic acids is 1. The third-order valence-electron chi connectivity index (χ3n) is 6.38. The second-order valence-electron chi connectivity index (χ2n) is 8.61. The predicted octanol–water partition coefficient (Wildman–Crippen LogP) is 4.94. The summed E-state index contributed by atoms with van der Waals surface area (Å²) in [6, 6.07) is 10.2. The third-order valence-corrected chi connectivity index (χ3v) is 6.62. The number of hydrogen-bond acceptors (Lipinski definition) is 5. The van der Waals surface area contributed by atoms with Crippen LogP contribution in [0.25, 0.3) is 11.0 Å². The maximum absolute atomic E-state index is 14.2. The SMILES string of the molecule is O=C(O)C(F)(F)F.O=C(c1cc(Cl)ccc1F)N1CCCC2(CCN2c2ccc3nccnc3c2)C1. The van der Waals surface area contributed by atoms with Crippen LogP contribution in [0.2, 0.25) is 5.02 Å². The van der Waals surface area contributed by atoms with Crippen molar-refractivity contribution in [3.8, 4) is 0 Å². The molecule has 1 amide bonds. The van der Waals surface area contributed by atoms with Gasteiger partial charge in [-0.25, -0.2) is 9.18 Å². The largest absolute Gasteiger partial charge is 0.490 e. The van der Waals surface area contributed by atoms with Crippen LogP contribution in [-0.4, -0.2) is 63.2 Å². The zero-order chi connectivity index (χ0) is 26.1. The Kier molecular flexibility index (Phi) is 7.03. The molecule has 2 saturated heterocycles. The summed E-state index contributed by atoms with van der Waals surface area (Å²) in [5.41, 5.74) is 2.74. The number of amides is 1. The summed E-state index contributed by atoms with van der Waals surface area (Å²) in [4.78, 5) is 34.8. The Bertz CT molecular complexity index is 1310. The average Bonchev–Trinajstić information content (AvgIpc) is 2.84. The van der Waals surface area contributed by atoms with Crippen molar-refractivity contribution in [2.75, 3.05) is 24.5 Å². The Morgan fingerprint density at radius 3 is 2.33 bits per heavy atom. The molecule has 2 aliphatic heterocycles. The maximum atomic E-state index is 14.2. The average molecular weight is 525 g/mol. The number of benzene rings is 2. The summed E-state index contributed by atoms with van der Waals surface area (Å²) >= 11 is 5.99. The van der Waals surface area contributed by atoms with Gasteiger partial charge < -0.3 is 14.9 Å². The van der Waals surface area contributed by atoms with Gasteiger partial charge in [0.1, 0.15) is 5.82 Å². The first-order valence-corrected chi connectivity index (χ1v) is 11.4. The fourth-order valence-corrected chi connectivity index (χ4v) is 4.78. The van der Waals surface area contributed by atoms with E-state index in [1.165, 1.54) is 18.2 Å². The van der Waals surface area contributed by atoms with Crippen molar-refractivity contribution >= 4 is 40.2 Å². The molecule has 0 radical (unpaired) electrons. The molecule has 2 aromatic carbocycles. The van der Waals surface area contributed by atoms with E-state index < -0.39 is 18.0 Å². The number of rotatable bonds is 2. The zero-order valence-corrected chi connectivity index (χ0v) is 19.6. The Morgan fingerprint density at radius 1 is 1.00 bits per heavy atom. The molecule has 5 rings (SSSR count). The van der Waals surface area contributed by atoms with Crippen LogP contribution >= 0.6 is 11.6 Å². The Hall–Kier alpha value is -3.47. The lowest BCUT2D eigenvalue weighted by atomic mass is 9.77. The fourth-order valence-electron chi connectivity index (χ4n) is 4.60. The van der Waals surface area contributed by atoms with Crippen molar-refractivity contribution in [1.82, 2.24) is 14.9 Å². The van der Waals surface area contributed by atoms with Crippen molar-refractivity contribution < 1.29 is 32.3 Å². The molecule has 12 heteroatoms. The van der Waals surface area contributed by atoms with Crippen LogP contribution < -0.4 is 4.90 Å². The van der Waals surface area contributed by atoms with Crippen LogP contribution in [0.1, 0.15) is 29.6 Å². The quantitative estimate of drug-likeness (QED) is 0.478. The molecule has 1 aromatic heterocycles. The number of likely N-dealkylation sites (tertiary alicyclic amines) is 1. The minimum Gasteiger partial charge on any atom is -0.475 e. The minimum atomic E-state index is -5.08. The fraction of sp³-hybridized carbons (Fsp3) is 0.333. The molecule has 0 saturated carbocycles. The Balaban J connectivity index is 0.000000384. The van der Waals surface area contributed by atoms with Crippen LogP contribution in [0.4, 0.5) is 23.2 Å². The molecule has 3 aromatic rings. The number of aromatic nitrogens is 2. The number of carbonyl (C=O) groups is 2. The van der Waals surface area contributed by atoms with Gasteiger partial charge >= 0.3 is 12.1 Å². The smallest absolute Gasteiger partial charge is 0.475 e. The third kappa shape index (κ3) is 5.20. The number of alkyl halides is 3. The van der Waals surface area contributed by atoms with Gasteiger partial charge in [0.15, 0.2) is 0 Å². The summed E-state index contributed by atoms with van der Waals surface area (Å²) < 4.78 is 46.0. The van der Waals surface area contributed by atoms with E-state index in [1.807, 2.05) is 6.07 Å². The number of piperidine rings is 1. The highest BCUT2D eigenvalue weighted by molar-refractivity contribution is 6.31. The van der Waals surface area contributed by atoms with E-state index >= 15 is 0 Å². The minimum absolute atomic E-state index is 0.0430. The number of halogens is 5. The van der Waals surface area contributed by atoms with Crippen LogP contribution in [0.15, 0.2) is 48.8 Å². The summed E-state index contributed by atoms with van der Waals surface area (Å²) in [6.07, 6.45) is 1.20. The van der Waals surface area contributed by atoms with Crippen LogP contribution in [0.5, 0.6) is 0 Å². The molecule has 0 bridgehead atoms. The highest BCUT2D eigenvalue weighted by Crippen LogP contribution is 2.42. The zero-order valence-electron chi connectivity index (χ0n) is 18.8. The second-order valence-corrected chi connectivity index (χ2v) is 9.05. The van der Waals surface area contributed by atoms with Gasteiger partial charge in [-0.15, -0.1) is 0 Å². The van der Waals surface area contributed by atoms with Crippen LogP contribution in [-0.2, 0) is 4.79 Å². The molecule has 0 aliphatic carbocycles. The van der Waals surface area contributed by atoms with Gasteiger partial charge in [0.05, 0.1) is 22.1 Å². The van der Waals surface area contributed by atoms with Gasteiger partial charge in [-0.3, -0.25) is 14.8 Å². The van der Waals surface area contributed by atoms with Gasteiger partial charge in [0.25, 0.3) is 5.91 Å². The molecule has 2 fully saturated rings. The number of carboxylic acid groups (broad SMARTS) is 1. The summed E-state index contributed by atoms with van der Waals surface area (Å²) in [5.74, 6) is -3.58. The number of aliphatic carboxylic acids is 1. The van der Waals surface area contributed by atoms with Gasteiger partial charge in [-0.1, -0.05) is 11.6 Å². The lowest BCUT2D eigenvalue weighted by Crippen LogP contribution is -2.68. The lowest BCUT2D eigenvalue weighted by Gasteiger charge is -2.58.